The molecule has 1 aliphatic heterocycles. The predicted octanol–water partition coefficient (Wildman–Crippen LogP) is 4.50. The first-order chi connectivity index (χ1) is 13.8. The van der Waals surface area contributed by atoms with Gasteiger partial charge in [0.1, 0.15) is 5.75 Å². The van der Waals surface area contributed by atoms with Gasteiger partial charge in [0.15, 0.2) is 16.4 Å². The molecule has 0 radical (unpaired) electrons. The molecule has 1 amide bonds. The van der Waals surface area contributed by atoms with Crippen molar-refractivity contribution >= 4 is 21.4 Å². The highest BCUT2D eigenvalue weighted by Gasteiger charge is 2.28. The molecule has 3 atom stereocenters. The van der Waals surface area contributed by atoms with E-state index < -0.39 is 9.84 Å². The standard InChI is InChI=1S/C23H27NO4S/c1-15(18-7-10-22-21(13-18)24-23(25)14-28-22)11-16-3-4-19(12-16)17-5-8-20(9-6-17)29(2,26)27/h5-10,13,15-16,19H,3-4,11-12,14H2,1-2H3,(H,24,25)/t15?,16?,19-/m0/s1. The van der Waals surface area contributed by atoms with Crippen molar-refractivity contribution in [2.75, 3.05) is 18.2 Å². The molecule has 2 aromatic carbocycles. The highest BCUT2D eigenvalue weighted by molar-refractivity contribution is 7.90. The fourth-order valence-corrected chi connectivity index (χ4v) is 5.25. The molecule has 0 saturated heterocycles. The number of nitrogens with one attached hydrogen (secondary N) is 1. The summed E-state index contributed by atoms with van der Waals surface area (Å²) in [5.41, 5.74) is 3.22. The van der Waals surface area contributed by atoms with Gasteiger partial charge in [0.25, 0.3) is 5.91 Å². The van der Waals surface area contributed by atoms with E-state index in [4.69, 9.17) is 4.74 Å². The van der Waals surface area contributed by atoms with Crippen LogP contribution in [0, 0.1) is 5.92 Å². The van der Waals surface area contributed by atoms with E-state index in [0.29, 0.717) is 22.6 Å². The minimum absolute atomic E-state index is 0.0799. The van der Waals surface area contributed by atoms with E-state index in [1.165, 1.54) is 23.8 Å². The van der Waals surface area contributed by atoms with Crippen molar-refractivity contribution in [1.82, 2.24) is 0 Å². The van der Waals surface area contributed by atoms with Crippen molar-refractivity contribution in [2.24, 2.45) is 5.92 Å². The molecule has 1 saturated carbocycles. The maximum Gasteiger partial charge on any atom is 0.262 e. The van der Waals surface area contributed by atoms with E-state index in [9.17, 15) is 13.2 Å². The Morgan fingerprint density at radius 3 is 2.62 bits per heavy atom. The monoisotopic (exact) mass is 413 g/mol. The first kappa shape index (κ1) is 20.0. The van der Waals surface area contributed by atoms with Gasteiger partial charge in [-0.15, -0.1) is 0 Å². The SMILES string of the molecule is CC(CC1CC[C@H](c2ccc(S(C)(=O)=O)cc2)C1)c1ccc2c(c1)NC(=O)CO2. The molecule has 1 aliphatic carbocycles. The molecule has 0 bridgehead atoms. The van der Waals surface area contributed by atoms with E-state index in [1.54, 1.807) is 12.1 Å². The Bertz CT molecular complexity index is 1010. The number of sulfone groups is 1. The van der Waals surface area contributed by atoms with Crippen LogP contribution < -0.4 is 10.1 Å². The fraction of sp³-hybridized carbons (Fsp3) is 0.435. The van der Waals surface area contributed by atoms with Crippen molar-refractivity contribution in [3.8, 4) is 5.75 Å². The third kappa shape index (κ3) is 4.47. The molecule has 1 N–H and O–H groups in total. The highest BCUT2D eigenvalue weighted by atomic mass is 32.2. The summed E-state index contributed by atoms with van der Waals surface area (Å²) in [5.74, 6) is 2.17. The van der Waals surface area contributed by atoms with E-state index in [2.05, 4.69) is 18.3 Å². The van der Waals surface area contributed by atoms with Gasteiger partial charge in [-0.1, -0.05) is 25.1 Å². The third-order valence-electron chi connectivity index (χ3n) is 6.21. The largest absolute Gasteiger partial charge is 0.482 e. The molecule has 1 heterocycles. The van der Waals surface area contributed by atoms with Gasteiger partial charge in [0.05, 0.1) is 10.6 Å². The number of rotatable bonds is 5. The van der Waals surface area contributed by atoms with E-state index >= 15 is 0 Å². The van der Waals surface area contributed by atoms with Crippen molar-refractivity contribution in [1.29, 1.82) is 0 Å². The molecule has 2 aromatic rings. The molecular formula is C23H27NO4S. The zero-order valence-corrected chi connectivity index (χ0v) is 17.7. The van der Waals surface area contributed by atoms with Crippen molar-refractivity contribution in [2.45, 2.75) is 49.3 Å². The average molecular weight is 414 g/mol. The van der Waals surface area contributed by atoms with Crippen molar-refractivity contribution in [3.63, 3.8) is 0 Å². The average Bonchev–Trinajstić information content (AvgIpc) is 3.15. The van der Waals surface area contributed by atoms with Crippen LogP contribution >= 0.6 is 0 Å². The minimum atomic E-state index is -3.15. The zero-order chi connectivity index (χ0) is 20.6. The van der Waals surface area contributed by atoms with Crippen LogP contribution in [0.4, 0.5) is 5.69 Å². The molecule has 2 unspecified atom stereocenters. The van der Waals surface area contributed by atoms with Crippen LogP contribution in [-0.2, 0) is 14.6 Å². The summed E-state index contributed by atoms with van der Waals surface area (Å²) in [7, 11) is -3.15. The van der Waals surface area contributed by atoms with Crippen LogP contribution in [0.15, 0.2) is 47.4 Å². The number of anilines is 1. The lowest BCUT2D eigenvalue weighted by atomic mass is 9.87. The smallest absolute Gasteiger partial charge is 0.262 e. The third-order valence-corrected chi connectivity index (χ3v) is 7.34. The molecular weight excluding hydrogens is 386 g/mol. The highest BCUT2D eigenvalue weighted by Crippen LogP contribution is 2.43. The Morgan fingerprint density at radius 1 is 1.14 bits per heavy atom. The fourth-order valence-electron chi connectivity index (χ4n) is 4.62. The summed E-state index contributed by atoms with van der Waals surface area (Å²) >= 11 is 0. The predicted molar refractivity (Wildman–Crippen MR) is 113 cm³/mol. The Balaban J connectivity index is 1.39. The second kappa shape index (κ2) is 7.82. The maximum atomic E-state index is 11.7. The molecule has 1 fully saturated rings. The summed E-state index contributed by atoms with van der Waals surface area (Å²) in [6.45, 7) is 2.32. The van der Waals surface area contributed by atoms with Gasteiger partial charge in [-0.3, -0.25) is 4.79 Å². The number of carbonyl (C=O) groups excluding carboxylic acids is 1. The van der Waals surface area contributed by atoms with Crippen LogP contribution in [0.2, 0.25) is 0 Å². The second-order valence-corrected chi connectivity index (χ2v) is 10.5. The first-order valence-electron chi connectivity index (χ1n) is 10.2. The van der Waals surface area contributed by atoms with Crippen molar-refractivity contribution < 1.29 is 17.9 Å². The van der Waals surface area contributed by atoms with E-state index in [0.717, 1.165) is 30.7 Å². The topological polar surface area (TPSA) is 72.5 Å². The van der Waals surface area contributed by atoms with Gasteiger partial charge in [-0.2, -0.15) is 0 Å². The lowest BCUT2D eigenvalue weighted by Crippen LogP contribution is -2.25. The lowest BCUT2D eigenvalue weighted by molar-refractivity contribution is -0.118. The van der Waals surface area contributed by atoms with Gasteiger partial charge in [-0.25, -0.2) is 8.42 Å². The number of benzene rings is 2. The quantitative estimate of drug-likeness (QED) is 0.783. The molecule has 154 valence electrons. The number of hydrogen-bond donors (Lipinski definition) is 1. The van der Waals surface area contributed by atoms with Crippen LogP contribution in [0.5, 0.6) is 5.75 Å². The lowest BCUT2D eigenvalue weighted by Gasteiger charge is -2.22. The van der Waals surface area contributed by atoms with Crippen LogP contribution in [0.3, 0.4) is 0 Å². The summed E-state index contributed by atoms with van der Waals surface area (Å²) < 4.78 is 28.7. The Labute approximate surface area is 172 Å². The summed E-state index contributed by atoms with van der Waals surface area (Å²) in [4.78, 5) is 11.9. The Kier molecular flexibility index (Phi) is 5.38. The molecule has 2 aliphatic rings. The van der Waals surface area contributed by atoms with E-state index in [-0.39, 0.29) is 12.5 Å². The maximum absolute atomic E-state index is 11.7. The van der Waals surface area contributed by atoms with Gasteiger partial charge in [-0.05, 0) is 78.8 Å². The minimum Gasteiger partial charge on any atom is -0.482 e. The Hall–Kier alpha value is -2.34. The molecule has 4 rings (SSSR count). The molecule has 29 heavy (non-hydrogen) atoms. The number of carbonyl (C=O) groups is 1. The van der Waals surface area contributed by atoms with E-state index in [1.807, 2.05) is 24.3 Å². The van der Waals surface area contributed by atoms with Crippen LogP contribution in [0.1, 0.15) is 55.6 Å². The normalized spacial score (nSPS) is 22.5. The second-order valence-electron chi connectivity index (χ2n) is 8.45. The summed E-state index contributed by atoms with van der Waals surface area (Å²) in [6.07, 6.45) is 5.81. The van der Waals surface area contributed by atoms with Gasteiger partial charge in [0, 0.05) is 6.26 Å². The molecule has 5 nitrogen and oxygen atoms in total. The summed E-state index contributed by atoms with van der Waals surface area (Å²) in [6, 6.07) is 13.5. The number of hydrogen-bond acceptors (Lipinski definition) is 4. The number of fused-ring (bicyclic) bond motifs is 1. The van der Waals surface area contributed by atoms with Gasteiger partial charge < -0.3 is 10.1 Å². The van der Waals surface area contributed by atoms with Crippen LogP contribution in [-0.4, -0.2) is 27.2 Å². The molecule has 0 spiro atoms. The van der Waals surface area contributed by atoms with Crippen LogP contribution in [0.25, 0.3) is 0 Å². The van der Waals surface area contributed by atoms with Gasteiger partial charge >= 0.3 is 0 Å². The first-order valence-corrected chi connectivity index (χ1v) is 12.1. The molecule has 0 aromatic heterocycles. The van der Waals surface area contributed by atoms with Crippen molar-refractivity contribution in [3.05, 3.63) is 53.6 Å². The number of ether oxygens (including phenoxy) is 1. The summed E-state index contributed by atoms with van der Waals surface area (Å²) in [5, 5.41) is 2.89. The Morgan fingerprint density at radius 2 is 1.90 bits per heavy atom. The zero-order valence-electron chi connectivity index (χ0n) is 16.9. The van der Waals surface area contributed by atoms with Gasteiger partial charge in [0.2, 0.25) is 0 Å². The molecule has 6 heteroatoms. The number of amides is 1.